The van der Waals surface area contributed by atoms with E-state index in [1.807, 2.05) is 18.2 Å². The van der Waals surface area contributed by atoms with Gasteiger partial charge in [0.05, 0.1) is 24.8 Å². The molecule has 1 N–H and O–H groups in total. The Kier molecular flexibility index (Phi) is 4.15. The van der Waals surface area contributed by atoms with Crippen LogP contribution >= 0.6 is 0 Å². The normalized spacial score (nSPS) is 24.4. The van der Waals surface area contributed by atoms with Crippen LogP contribution in [0.1, 0.15) is 34.5 Å². The van der Waals surface area contributed by atoms with Crippen LogP contribution in [0.25, 0.3) is 0 Å². The van der Waals surface area contributed by atoms with E-state index in [1.54, 1.807) is 24.5 Å². The number of esters is 1. The monoisotopic (exact) mass is 351 g/mol. The van der Waals surface area contributed by atoms with Crippen molar-refractivity contribution >= 4 is 11.9 Å². The summed E-state index contributed by atoms with van der Waals surface area (Å²) in [4.78, 5) is 24.6. The van der Waals surface area contributed by atoms with E-state index in [2.05, 4.69) is 11.9 Å². The van der Waals surface area contributed by atoms with Crippen LogP contribution in [0, 0.1) is 11.3 Å². The highest BCUT2D eigenvalue weighted by Crippen LogP contribution is 2.52. The molecule has 2 aromatic rings. The summed E-state index contributed by atoms with van der Waals surface area (Å²) >= 11 is 0. The van der Waals surface area contributed by atoms with Crippen molar-refractivity contribution in [2.75, 3.05) is 6.61 Å². The largest absolute Gasteiger partial charge is 0.467 e. The van der Waals surface area contributed by atoms with E-state index in [4.69, 9.17) is 9.15 Å². The predicted molar refractivity (Wildman–Crippen MR) is 95.3 cm³/mol. The van der Waals surface area contributed by atoms with Crippen LogP contribution in [0.3, 0.4) is 0 Å². The van der Waals surface area contributed by atoms with E-state index in [9.17, 15) is 9.59 Å². The SMILES string of the molecule is C=C1CC2COC(=O)C2(Cc2ccc(C(=O)NCc3ccco3)cc2)C1. The lowest BCUT2D eigenvalue weighted by Crippen LogP contribution is -2.31. The van der Waals surface area contributed by atoms with Crippen LogP contribution < -0.4 is 5.32 Å². The minimum atomic E-state index is -0.472. The van der Waals surface area contributed by atoms with E-state index < -0.39 is 5.41 Å². The lowest BCUT2D eigenvalue weighted by molar-refractivity contribution is -0.146. The number of rotatable bonds is 5. The fourth-order valence-electron chi connectivity index (χ4n) is 4.08. The zero-order valence-electron chi connectivity index (χ0n) is 14.5. The Labute approximate surface area is 152 Å². The predicted octanol–water partition coefficient (Wildman–Crippen LogP) is 3.26. The van der Waals surface area contributed by atoms with E-state index >= 15 is 0 Å². The Bertz CT molecular complexity index is 837. The molecule has 1 aromatic heterocycles. The second-order valence-electron chi connectivity index (χ2n) is 7.22. The number of benzene rings is 1. The van der Waals surface area contributed by atoms with Gasteiger partial charge < -0.3 is 14.5 Å². The van der Waals surface area contributed by atoms with Crippen molar-refractivity contribution in [2.45, 2.75) is 25.8 Å². The third-order valence-electron chi connectivity index (χ3n) is 5.44. The van der Waals surface area contributed by atoms with Crippen LogP contribution in [0.15, 0.2) is 59.2 Å². The minimum absolute atomic E-state index is 0.110. The first-order valence-corrected chi connectivity index (χ1v) is 8.80. The Morgan fingerprint density at radius 3 is 2.81 bits per heavy atom. The van der Waals surface area contributed by atoms with Gasteiger partial charge in [-0.2, -0.15) is 0 Å². The molecule has 2 fully saturated rings. The van der Waals surface area contributed by atoms with Crippen LogP contribution in [-0.4, -0.2) is 18.5 Å². The maximum Gasteiger partial charge on any atom is 0.313 e. The third kappa shape index (κ3) is 2.94. The molecule has 1 saturated carbocycles. The molecular weight excluding hydrogens is 330 g/mol. The number of nitrogens with one attached hydrogen (secondary N) is 1. The van der Waals surface area contributed by atoms with Gasteiger partial charge in [0.25, 0.3) is 5.91 Å². The Balaban J connectivity index is 1.43. The summed E-state index contributed by atoms with van der Waals surface area (Å²) in [6, 6.07) is 11.0. The van der Waals surface area contributed by atoms with Crippen molar-refractivity contribution < 1.29 is 18.7 Å². The van der Waals surface area contributed by atoms with Gasteiger partial charge in [0.15, 0.2) is 0 Å². The number of carbonyl (C=O) groups is 2. The number of fused-ring (bicyclic) bond motifs is 1. The summed E-state index contributed by atoms with van der Waals surface area (Å²) in [6.45, 7) is 4.91. The molecule has 5 nitrogen and oxygen atoms in total. The van der Waals surface area contributed by atoms with Gasteiger partial charge in [-0.1, -0.05) is 24.3 Å². The van der Waals surface area contributed by atoms with Gasteiger partial charge >= 0.3 is 5.97 Å². The van der Waals surface area contributed by atoms with Crippen molar-refractivity contribution in [1.82, 2.24) is 5.32 Å². The molecule has 1 aliphatic carbocycles. The molecule has 1 saturated heterocycles. The number of furan rings is 1. The van der Waals surface area contributed by atoms with Gasteiger partial charge in [0.2, 0.25) is 0 Å². The number of hydrogen-bond donors (Lipinski definition) is 1. The van der Waals surface area contributed by atoms with Gasteiger partial charge in [-0.3, -0.25) is 9.59 Å². The summed E-state index contributed by atoms with van der Waals surface area (Å²) in [5, 5.41) is 2.82. The number of allylic oxidation sites excluding steroid dienone is 1. The topological polar surface area (TPSA) is 68.5 Å². The molecule has 2 atom stereocenters. The van der Waals surface area contributed by atoms with E-state index in [0.29, 0.717) is 37.3 Å². The third-order valence-corrected chi connectivity index (χ3v) is 5.44. The van der Waals surface area contributed by atoms with E-state index in [0.717, 1.165) is 17.6 Å². The molecule has 1 aromatic carbocycles. The van der Waals surface area contributed by atoms with Gasteiger partial charge in [0, 0.05) is 11.5 Å². The van der Waals surface area contributed by atoms with Crippen molar-refractivity contribution in [1.29, 1.82) is 0 Å². The lowest BCUT2D eigenvalue weighted by atomic mass is 9.75. The molecule has 0 bridgehead atoms. The molecule has 2 heterocycles. The molecule has 0 spiro atoms. The Morgan fingerprint density at radius 1 is 1.27 bits per heavy atom. The maximum absolute atomic E-state index is 12.4. The molecule has 0 radical (unpaired) electrons. The van der Waals surface area contributed by atoms with Gasteiger partial charge in [-0.25, -0.2) is 0 Å². The second kappa shape index (κ2) is 6.48. The average Bonchev–Trinajstić information content (AvgIpc) is 3.32. The molecule has 26 heavy (non-hydrogen) atoms. The molecule has 1 amide bonds. The molecule has 2 aliphatic rings. The number of ether oxygens (including phenoxy) is 1. The van der Waals surface area contributed by atoms with Gasteiger partial charge in [0.1, 0.15) is 5.76 Å². The lowest BCUT2D eigenvalue weighted by Gasteiger charge is -2.24. The Morgan fingerprint density at radius 2 is 2.08 bits per heavy atom. The molecule has 2 unspecified atom stereocenters. The van der Waals surface area contributed by atoms with Crippen molar-refractivity contribution in [2.24, 2.45) is 11.3 Å². The fourth-order valence-corrected chi connectivity index (χ4v) is 4.08. The Hall–Kier alpha value is -2.82. The van der Waals surface area contributed by atoms with Gasteiger partial charge in [-0.05, 0) is 49.1 Å². The molecule has 134 valence electrons. The average molecular weight is 351 g/mol. The highest BCUT2D eigenvalue weighted by Gasteiger charge is 2.55. The number of carbonyl (C=O) groups excluding carboxylic acids is 2. The highest BCUT2D eigenvalue weighted by atomic mass is 16.5. The molecular formula is C21H21NO4. The van der Waals surface area contributed by atoms with Crippen LogP contribution in [0.4, 0.5) is 0 Å². The molecule has 5 heteroatoms. The smallest absolute Gasteiger partial charge is 0.313 e. The number of amides is 1. The van der Waals surface area contributed by atoms with E-state index in [1.165, 1.54) is 0 Å². The highest BCUT2D eigenvalue weighted by molar-refractivity contribution is 5.94. The van der Waals surface area contributed by atoms with Crippen LogP contribution in [0.5, 0.6) is 0 Å². The summed E-state index contributed by atoms with van der Waals surface area (Å²) in [6.07, 6.45) is 3.76. The van der Waals surface area contributed by atoms with Crippen LogP contribution in [0.2, 0.25) is 0 Å². The fraction of sp³-hybridized carbons (Fsp3) is 0.333. The molecule has 4 rings (SSSR count). The number of cyclic esters (lactones) is 1. The summed E-state index contributed by atoms with van der Waals surface area (Å²) in [5.74, 6) is 0.667. The van der Waals surface area contributed by atoms with Crippen LogP contribution in [-0.2, 0) is 22.5 Å². The molecule has 1 aliphatic heterocycles. The van der Waals surface area contributed by atoms with E-state index in [-0.39, 0.29) is 17.8 Å². The minimum Gasteiger partial charge on any atom is -0.467 e. The quantitative estimate of drug-likeness (QED) is 0.663. The maximum atomic E-state index is 12.4. The zero-order valence-corrected chi connectivity index (χ0v) is 14.5. The first kappa shape index (κ1) is 16.6. The summed E-state index contributed by atoms with van der Waals surface area (Å²) < 4.78 is 10.5. The summed E-state index contributed by atoms with van der Waals surface area (Å²) in [5.41, 5.74) is 2.27. The zero-order chi connectivity index (χ0) is 18.1. The van der Waals surface area contributed by atoms with Crippen molar-refractivity contribution in [3.05, 3.63) is 71.7 Å². The standard InChI is InChI=1S/C21H21NO4/c1-14-9-17-13-26-20(24)21(17,10-14)11-15-4-6-16(7-5-15)19(23)22-12-18-3-2-8-25-18/h2-8,17H,1,9-13H2,(H,22,23). The number of hydrogen-bond acceptors (Lipinski definition) is 4. The van der Waals surface area contributed by atoms with Gasteiger partial charge in [-0.15, -0.1) is 0 Å². The van der Waals surface area contributed by atoms with Crippen molar-refractivity contribution in [3.8, 4) is 0 Å². The first-order valence-electron chi connectivity index (χ1n) is 8.80. The summed E-state index contributed by atoms with van der Waals surface area (Å²) in [7, 11) is 0. The first-order chi connectivity index (χ1) is 12.6. The second-order valence-corrected chi connectivity index (χ2v) is 7.22. The van der Waals surface area contributed by atoms with Crippen molar-refractivity contribution in [3.63, 3.8) is 0 Å².